The molecule has 0 saturated heterocycles. The van der Waals surface area contributed by atoms with Crippen molar-refractivity contribution in [3.8, 4) is 0 Å². The monoisotopic (exact) mass is 495 g/mol. The van der Waals surface area contributed by atoms with Gasteiger partial charge in [0.2, 0.25) is 0 Å². The number of non-ortho nitro benzene ring substituents is 1. The Morgan fingerprint density at radius 3 is 1.78 bits per heavy atom. The Morgan fingerprint density at radius 1 is 0.917 bits per heavy atom. The molecule has 0 aliphatic carbocycles. The van der Waals surface area contributed by atoms with E-state index in [2.05, 4.69) is 9.97 Å². The standard InChI is InChI=1S/C27H33N3O6/c1-5-7-12-19-15(3)22(26(31)32)28-24(19)21(17-10-9-11-18(14-17)30(35)36)25-20(13-8-6-2)16(4)23(29-25)27(33)34/h9-11,14,21,28-29H,5-8,12-13H2,1-4H3,(H,31,32)(H,33,34). The smallest absolute Gasteiger partial charge is 0.352 e. The molecule has 9 nitrogen and oxygen atoms in total. The molecule has 3 rings (SSSR count). The number of nitrogens with zero attached hydrogens (tertiary/aromatic N) is 1. The summed E-state index contributed by atoms with van der Waals surface area (Å²) < 4.78 is 0. The summed E-state index contributed by atoms with van der Waals surface area (Å²) >= 11 is 0. The van der Waals surface area contributed by atoms with Crippen molar-refractivity contribution >= 4 is 17.6 Å². The third-order valence-corrected chi connectivity index (χ3v) is 6.81. The number of unbranched alkanes of at least 4 members (excludes halogenated alkanes) is 2. The second-order valence-corrected chi connectivity index (χ2v) is 9.14. The minimum Gasteiger partial charge on any atom is -0.477 e. The van der Waals surface area contributed by atoms with Crippen molar-refractivity contribution in [3.05, 3.63) is 85.0 Å². The molecule has 2 heterocycles. The normalized spacial score (nSPS) is 11.2. The van der Waals surface area contributed by atoms with E-state index in [0.717, 1.165) is 36.8 Å². The molecule has 0 radical (unpaired) electrons. The largest absolute Gasteiger partial charge is 0.477 e. The Kier molecular flexibility index (Phi) is 8.34. The lowest BCUT2D eigenvalue weighted by atomic mass is 9.85. The van der Waals surface area contributed by atoms with Crippen LogP contribution >= 0.6 is 0 Å². The molecule has 0 bridgehead atoms. The fraction of sp³-hybridized carbons (Fsp3) is 0.407. The molecule has 0 aliphatic rings. The third-order valence-electron chi connectivity index (χ3n) is 6.81. The van der Waals surface area contributed by atoms with E-state index in [1.807, 2.05) is 13.8 Å². The number of nitro benzene ring substituents is 1. The summed E-state index contributed by atoms with van der Waals surface area (Å²) in [4.78, 5) is 41.4. The van der Waals surface area contributed by atoms with Gasteiger partial charge in [-0.05, 0) is 67.3 Å². The molecular formula is C27H33N3O6. The summed E-state index contributed by atoms with van der Waals surface area (Å²) in [6, 6.07) is 6.24. The lowest BCUT2D eigenvalue weighted by molar-refractivity contribution is -0.384. The van der Waals surface area contributed by atoms with Gasteiger partial charge in [0.05, 0.1) is 10.8 Å². The van der Waals surface area contributed by atoms with Crippen LogP contribution in [0.5, 0.6) is 0 Å². The van der Waals surface area contributed by atoms with Crippen LogP contribution in [0.4, 0.5) is 5.69 Å². The molecule has 192 valence electrons. The van der Waals surface area contributed by atoms with E-state index < -0.39 is 22.8 Å². The minimum absolute atomic E-state index is 0.0726. The summed E-state index contributed by atoms with van der Waals surface area (Å²) in [7, 11) is 0. The van der Waals surface area contributed by atoms with Gasteiger partial charge in [-0.3, -0.25) is 10.1 Å². The number of H-pyrrole nitrogens is 2. The number of hydrogen-bond acceptors (Lipinski definition) is 4. The molecule has 0 saturated carbocycles. The molecule has 2 aromatic heterocycles. The summed E-state index contributed by atoms with van der Waals surface area (Å²) in [6.07, 6.45) is 4.73. The molecule has 3 aromatic rings. The van der Waals surface area contributed by atoms with E-state index in [0.29, 0.717) is 40.9 Å². The van der Waals surface area contributed by atoms with Crippen molar-refractivity contribution in [2.45, 2.75) is 72.1 Å². The molecule has 4 N–H and O–H groups in total. The first-order valence-electron chi connectivity index (χ1n) is 12.3. The molecule has 0 amide bonds. The van der Waals surface area contributed by atoms with Gasteiger partial charge in [-0.1, -0.05) is 38.8 Å². The predicted octanol–water partition coefficient (Wildman–Crippen LogP) is 6.13. The van der Waals surface area contributed by atoms with Crippen LogP contribution in [0.15, 0.2) is 24.3 Å². The molecule has 0 fully saturated rings. The maximum Gasteiger partial charge on any atom is 0.352 e. The van der Waals surface area contributed by atoms with Crippen LogP contribution in [0, 0.1) is 24.0 Å². The molecule has 36 heavy (non-hydrogen) atoms. The molecule has 0 aliphatic heterocycles. The highest BCUT2D eigenvalue weighted by molar-refractivity contribution is 5.89. The van der Waals surface area contributed by atoms with Gasteiger partial charge in [-0.15, -0.1) is 0 Å². The van der Waals surface area contributed by atoms with Crippen molar-refractivity contribution in [1.29, 1.82) is 0 Å². The van der Waals surface area contributed by atoms with Crippen LogP contribution in [-0.2, 0) is 12.8 Å². The van der Waals surface area contributed by atoms with Crippen molar-refractivity contribution in [1.82, 2.24) is 9.97 Å². The SMILES string of the molecule is CCCCc1c(C(c2cccc([N+](=O)[O-])c2)c2[nH]c(C(=O)O)c(C)c2CCCC)[nH]c(C(=O)O)c1C. The van der Waals surface area contributed by atoms with E-state index >= 15 is 0 Å². The molecular weight excluding hydrogens is 462 g/mol. The van der Waals surface area contributed by atoms with Crippen molar-refractivity contribution in [2.75, 3.05) is 0 Å². The van der Waals surface area contributed by atoms with Crippen LogP contribution in [0.1, 0.15) is 106 Å². The fourth-order valence-corrected chi connectivity index (χ4v) is 4.88. The number of aromatic nitrogens is 2. The first-order valence-corrected chi connectivity index (χ1v) is 12.3. The lowest BCUT2D eigenvalue weighted by Crippen LogP contribution is -2.11. The van der Waals surface area contributed by atoms with Crippen molar-refractivity contribution in [2.24, 2.45) is 0 Å². The Labute approximate surface area is 209 Å². The Morgan fingerprint density at radius 2 is 1.39 bits per heavy atom. The zero-order chi connectivity index (χ0) is 26.6. The number of aromatic carboxylic acids is 2. The molecule has 0 spiro atoms. The fourth-order valence-electron chi connectivity index (χ4n) is 4.88. The van der Waals surface area contributed by atoms with E-state index in [4.69, 9.17) is 0 Å². The van der Waals surface area contributed by atoms with Gasteiger partial charge in [-0.2, -0.15) is 0 Å². The van der Waals surface area contributed by atoms with E-state index in [-0.39, 0.29) is 17.1 Å². The Balaban J connectivity index is 2.40. The lowest BCUT2D eigenvalue weighted by Gasteiger charge is -2.20. The molecule has 0 atom stereocenters. The van der Waals surface area contributed by atoms with Crippen molar-refractivity contribution in [3.63, 3.8) is 0 Å². The quantitative estimate of drug-likeness (QED) is 0.175. The van der Waals surface area contributed by atoms with Gasteiger partial charge in [0.25, 0.3) is 5.69 Å². The first-order chi connectivity index (χ1) is 17.1. The molecule has 9 heteroatoms. The van der Waals surface area contributed by atoms with Gasteiger partial charge in [0, 0.05) is 23.5 Å². The number of benzene rings is 1. The third kappa shape index (κ3) is 5.19. The highest BCUT2D eigenvalue weighted by Crippen LogP contribution is 2.40. The Hall–Kier alpha value is -3.88. The van der Waals surface area contributed by atoms with Gasteiger partial charge in [-0.25, -0.2) is 9.59 Å². The number of carboxylic acids is 2. The summed E-state index contributed by atoms with van der Waals surface area (Å²) in [5.41, 5.74) is 4.81. The van der Waals surface area contributed by atoms with Gasteiger partial charge in [0.1, 0.15) is 11.4 Å². The number of carbonyl (C=O) groups is 2. The summed E-state index contributed by atoms with van der Waals surface area (Å²) in [5, 5.41) is 31.3. The Bertz CT molecular complexity index is 1220. The second-order valence-electron chi connectivity index (χ2n) is 9.14. The zero-order valence-electron chi connectivity index (χ0n) is 21.1. The van der Waals surface area contributed by atoms with E-state index in [1.54, 1.807) is 26.0 Å². The highest BCUT2D eigenvalue weighted by atomic mass is 16.6. The average Bonchev–Trinajstić information content (AvgIpc) is 3.33. The van der Waals surface area contributed by atoms with Gasteiger partial charge >= 0.3 is 11.9 Å². The summed E-state index contributed by atoms with van der Waals surface area (Å²) in [6.45, 7) is 7.63. The highest BCUT2D eigenvalue weighted by Gasteiger charge is 2.32. The van der Waals surface area contributed by atoms with Crippen LogP contribution in [0.3, 0.4) is 0 Å². The average molecular weight is 496 g/mol. The topological polar surface area (TPSA) is 149 Å². The molecule has 0 unspecified atom stereocenters. The minimum atomic E-state index is -1.09. The predicted molar refractivity (Wildman–Crippen MR) is 136 cm³/mol. The second kappa shape index (κ2) is 11.2. The van der Waals surface area contributed by atoms with Crippen LogP contribution < -0.4 is 0 Å². The summed E-state index contributed by atoms with van der Waals surface area (Å²) in [5.74, 6) is -2.81. The van der Waals surface area contributed by atoms with Crippen LogP contribution in [-0.4, -0.2) is 37.0 Å². The number of aromatic amines is 2. The van der Waals surface area contributed by atoms with Gasteiger partial charge < -0.3 is 20.2 Å². The van der Waals surface area contributed by atoms with E-state index in [1.165, 1.54) is 12.1 Å². The zero-order valence-corrected chi connectivity index (χ0v) is 21.1. The number of rotatable bonds is 12. The maximum absolute atomic E-state index is 12.0. The van der Waals surface area contributed by atoms with Gasteiger partial charge in [0.15, 0.2) is 0 Å². The number of nitro groups is 1. The molecule has 1 aromatic carbocycles. The number of carboxylic acid groups (broad SMARTS) is 2. The number of nitrogens with one attached hydrogen (secondary N) is 2. The first kappa shape index (κ1) is 26.7. The van der Waals surface area contributed by atoms with E-state index in [9.17, 15) is 29.9 Å². The number of hydrogen-bond donors (Lipinski definition) is 4. The van der Waals surface area contributed by atoms with Crippen LogP contribution in [0.2, 0.25) is 0 Å². The van der Waals surface area contributed by atoms with Crippen molar-refractivity contribution < 1.29 is 24.7 Å². The maximum atomic E-state index is 12.0. The van der Waals surface area contributed by atoms with Crippen LogP contribution in [0.25, 0.3) is 0 Å².